The summed E-state index contributed by atoms with van der Waals surface area (Å²) >= 11 is 3.24. The molecule has 108 valence electrons. The minimum atomic E-state index is -0.347. The molecule has 0 bridgehead atoms. The Morgan fingerprint density at radius 1 is 1.19 bits per heavy atom. The Hall–Kier alpha value is -1.72. The van der Waals surface area contributed by atoms with Gasteiger partial charge in [0.05, 0.1) is 5.69 Å². The summed E-state index contributed by atoms with van der Waals surface area (Å²) in [6.45, 7) is 1.76. The lowest BCUT2D eigenvalue weighted by Gasteiger charge is -2.17. The number of carbonyl (C=O) groups excluding carboxylic acids is 1. The van der Waals surface area contributed by atoms with Crippen LogP contribution in [-0.4, -0.2) is 12.5 Å². The fourth-order valence-corrected chi connectivity index (χ4v) is 2.86. The molecule has 0 radical (unpaired) electrons. The van der Waals surface area contributed by atoms with Gasteiger partial charge in [-0.3, -0.25) is 4.79 Å². The monoisotopic (exact) mass is 348 g/mol. The van der Waals surface area contributed by atoms with E-state index in [1.165, 1.54) is 23.8 Å². The molecule has 0 fully saturated rings. The van der Waals surface area contributed by atoms with Crippen LogP contribution in [0.4, 0.5) is 10.1 Å². The normalized spacial score (nSPS) is 13.6. The van der Waals surface area contributed by atoms with Gasteiger partial charge in [0, 0.05) is 16.6 Å². The lowest BCUT2D eigenvalue weighted by molar-refractivity contribution is 0.102. The lowest BCUT2D eigenvalue weighted by Crippen LogP contribution is -2.24. The first kappa shape index (κ1) is 14.2. The van der Waals surface area contributed by atoms with Gasteiger partial charge in [0.15, 0.2) is 0 Å². The molecule has 0 saturated carbocycles. The Balaban J connectivity index is 1.82. The van der Waals surface area contributed by atoms with Gasteiger partial charge in [0.2, 0.25) is 0 Å². The molecule has 21 heavy (non-hydrogen) atoms. The second-order valence-corrected chi connectivity index (χ2v) is 5.84. The van der Waals surface area contributed by atoms with Crippen molar-refractivity contribution in [2.45, 2.75) is 13.0 Å². The van der Waals surface area contributed by atoms with Crippen molar-refractivity contribution in [3.05, 3.63) is 63.4 Å². The van der Waals surface area contributed by atoms with E-state index in [0.717, 1.165) is 25.1 Å². The van der Waals surface area contributed by atoms with Crippen LogP contribution in [0.3, 0.4) is 0 Å². The lowest BCUT2D eigenvalue weighted by atomic mass is 9.98. The predicted molar refractivity (Wildman–Crippen MR) is 83.9 cm³/mol. The van der Waals surface area contributed by atoms with Crippen LogP contribution in [0, 0.1) is 5.82 Å². The number of rotatable bonds is 2. The minimum Gasteiger partial charge on any atom is -0.321 e. The summed E-state index contributed by atoms with van der Waals surface area (Å²) in [5.41, 5.74) is 3.60. The maximum atomic E-state index is 13.0. The number of fused-ring (bicyclic) bond motifs is 1. The Kier molecular flexibility index (Phi) is 4.03. The molecule has 3 rings (SSSR count). The largest absolute Gasteiger partial charge is 0.321 e. The van der Waals surface area contributed by atoms with Crippen molar-refractivity contribution in [1.82, 2.24) is 5.32 Å². The molecule has 1 amide bonds. The second-order valence-electron chi connectivity index (χ2n) is 4.99. The SMILES string of the molecule is O=C(Nc1ccc(F)cc1Br)c1ccc2c(c1)CNCC2. The van der Waals surface area contributed by atoms with Crippen LogP contribution in [0.5, 0.6) is 0 Å². The highest BCUT2D eigenvalue weighted by atomic mass is 79.9. The summed E-state index contributed by atoms with van der Waals surface area (Å²) < 4.78 is 13.6. The summed E-state index contributed by atoms with van der Waals surface area (Å²) in [6.07, 6.45) is 0.987. The quantitative estimate of drug-likeness (QED) is 0.872. The van der Waals surface area contributed by atoms with Gasteiger partial charge in [-0.1, -0.05) is 6.07 Å². The van der Waals surface area contributed by atoms with Gasteiger partial charge in [-0.05, 0) is 70.4 Å². The number of hydrogen-bond donors (Lipinski definition) is 2. The number of halogens is 2. The van der Waals surface area contributed by atoms with Crippen LogP contribution < -0.4 is 10.6 Å². The maximum Gasteiger partial charge on any atom is 0.255 e. The number of amides is 1. The summed E-state index contributed by atoms with van der Waals surface area (Å²) in [5.74, 6) is -0.546. The molecule has 2 N–H and O–H groups in total. The van der Waals surface area contributed by atoms with E-state index in [1.807, 2.05) is 18.2 Å². The standard InChI is InChI=1S/C16H14BrFN2O/c17-14-8-13(18)3-4-15(14)20-16(21)11-2-1-10-5-6-19-9-12(10)7-11/h1-4,7-8,19H,5-6,9H2,(H,20,21). The van der Waals surface area contributed by atoms with Crippen molar-refractivity contribution < 1.29 is 9.18 Å². The molecular formula is C16H14BrFN2O. The van der Waals surface area contributed by atoms with Crippen molar-refractivity contribution in [3.8, 4) is 0 Å². The third-order valence-electron chi connectivity index (χ3n) is 3.53. The first-order valence-corrected chi connectivity index (χ1v) is 7.52. The molecule has 0 atom stereocenters. The van der Waals surface area contributed by atoms with E-state index in [-0.39, 0.29) is 11.7 Å². The molecule has 0 saturated heterocycles. The Morgan fingerprint density at radius 2 is 2.05 bits per heavy atom. The molecule has 2 aromatic rings. The van der Waals surface area contributed by atoms with Crippen LogP contribution in [0.25, 0.3) is 0 Å². The smallest absolute Gasteiger partial charge is 0.255 e. The number of carbonyl (C=O) groups is 1. The predicted octanol–water partition coefficient (Wildman–Crippen LogP) is 3.49. The average Bonchev–Trinajstić information content (AvgIpc) is 2.49. The van der Waals surface area contributed by atoms with E-state index in [4.69, 9.17) is 0 Å². The van der Waals surface area contributed by atoms with E-state index in [9.17, 15) is 9.18 Å². The summed E-state index contributed by atoms with van der Waals surface area (Å²) in [5, 5.41) is 6.08. The summed E-state index contributed by atoms with van der Waals surface area (Å²) in [7, 11) is 0. The van der Waals surface area contributed by atoms with Gasteiger partial charge in [-0.2, -0.15) is 0 Å². The molecule has 0 spiro atoms. The number of hydrogen-bond acceptors (Lipinski definition) is 2. The minimum absolute atomic E-state index is 0.198. The van der Waals surface area contributed by atoms with Crippen molar-refractivity contribution >= 4 is 27.5 Å². The van der Waals surface area contributed by atoms with Gasteiger partial charge in [-0.25, -0.2) is 4.39 Å². The first-order chi connectivity index (χ1) is 10.1. The van der Waals surface area contributed by atoms with Gasteiger partial charge in [0.1, 0.15) is 5.82 Å². The summed E-state index contributed by atoms with van der Waals surface area (Å²) in [4.78, 5) is 12.3. The third kappa shape index (κ3) is 3.14. The van der Waals surface area contributed by atoms with Crippen LogP contribution in [0.2, 0.25) is 0 Å². The third-order valence-corrected chi connectivity index (χ3v) is 4.19. The van der Waals surface area contributed by atoms with Gasteiger partial charge in [0.25, 0.3) is 5.91 Å². The van der Waals surface area contributed by atoms with E-state index in [0.29, 0.717) is 15.7 Å². The molecule has 0 unspecified atom stereocenters. The highest BCUT2D eigenvalue weighted by Crippen LogP contribution is 2.24. The Morgan fingerprint density at radius 3 is 2.86 bits per heavy atom. The molecule has 0 aliphatic carbocycles. The molecule has 1 heterocycles. The summed E-state index contributed by atoms with van der Waals surface area (Å²) in [6, 6.07) is 9.93. The van der Waals surface area contributed by atoms with Crippen molar-refractivity contribution in [1.29, 1.82) is 0 Å². The van der Waals surface area contributed by atoms with E-state index < -0.39 is 0 Å². The molecule has 1 aliphatic heterocycles. The molecule has 0 aromatic heterocycles. The Bertz CT molecular complexity index is 703. The molecule has 1 aliphatic rings. The molecule has 5 heteroatoms. The zero-order valence-corrected chi connectivity index (χ0v) is 12.8. The van der Waals surface area contributed by atoms with E-state index in [1.54, 1.807) is 0 Å². The second kappa shape index (κ2) is 5.95. The number of nitrogens with one attached hydrogen (secondary N) is 2. The first-order valence-electron chi connectivity index (χ1n) is 6.72. The number of benzene rings is 2. The van der Waals surface area contributed by atoms with Crippen LogP contribution in [0.1, 0.15) is 21.5 Å². The van der Waals surface area contributed by atoms with Crippen LogP contribution in [0.15, 0.2) is 40.9 Å². The van der Waals surface area contributed by atoms with Gasteiger partial charge in [-0.15, -0.1) is 0 Å². The average molecular weight is 349 g/mol. The zero-order chi connectivity index (χ0) is 14.8. The fraction of sp³-hybridized carbons (Fsp3) is 0.188. The Labute approximate surface area is 130 Å². The molecular weight excluding hydrogens is 335 g/mol. The highest BCUT2D eigenvalue weighted by Gasteiger charge is 2.13. The van der Waals surface area contributed by atoms with E-state index in [2.05, 4.69) is 26.6 Å². The van der Waals surface area contributed by atoms with Crippen LogP contribution in [-0.2, 0) is 13.0 Å². The number of anilines is 1. The highest BCUT2D eigenvalue weighted by molar-refractivity contribution is 9.10. The molecule has 3 nitrogen and oxygen atoms in total. The topological polar surface area (TPSA) is 41.1 Å². The van der Waals surface area contributed by atoms with Crippen molar-refractivity contribution in [2.75, 3.05) is 11.9 Å². The van der Waals surface area contributed by atoms with E-state index >= 15 is 0 Å². The van der Waals surface area contributed by atoms with Crippen molar-refractivity contribution in [3.63, 3.8) is 0 Å². The van der Waals surface area contributed by atoms with Crippen molar-refractivity contribution in [2.24, 2.45) is 0 Å². The zero-order valence-electron chi connectivity index (χ0n) is 11.2. The van der Waals surface area contributed by atoms with Crippen LogP contribution >= 0.6 is 15.9 Å². The maximum absolute atomic E-state index is 13.0. The van der Waals surface area contributed by atoms with Gasteiger partial charge >= 0.3 is 0 Å². The molecule has 2 aromatic carbocycles. The fourth-order valence-electron chi connectivity index (χ4n) is 2.41. The van der Waals surface area contributed by atoms with Gasteiger partial charge < -0.3 is 10.6 Å².